The normalized spacial score (nSPS) is 19.8. The molecular formula is C21H24F3N5O. The van der Waals surface area contributed by atoms with Crippen molar-refractivity contribution in [2.45, 2.75) is 44.2 Å². The van der Waals surface area contributed by atoms with E-state index in [0.717, 1.165) is 56.8 Å². The van der Waals surface area contributed by atoms with Crippen LogP contribution < -0.4 is 11.1 Å². The maximum absolute atomic E-state index is 13.1. The number of nitrogens with zero attached hydrogens (tertiary/aromatic N) is 3. The van der Waals surface area contributed by atoms with Crippen LogP contribution in [0.3, 0.4) is 0 Å². The van der Waals surface area contributed by atoms with Crippen molar-refractivity contribution in [1.29, 1.82) is 5.26 Å². The van der Waals surface area contributed by atoms with E-state index in [-0.39, 0.29) is 34.4 Å². The minimum Gasteiger partial charge on any atom is -0.507 e. The minimum absolute atomic E-state index is 0.0431. The monoisotopic (exact) mass is 419 g/mol. The number of nitrogens with one attached hydrogen (secondary N) is 1. The van der Waals surface area contributed by atoms with Crippen LogP contribution in [-0.4, -0.2) is 28.7 Å². The molecule has 2 aromatic rings. The van der Waals surface area contributed by atoms with E-state index in [1.807, 2.05) is 13.1 Å². The van der Waals surface area contributed by atoms with Gasteiger partial charge in [0.2, 0.25) is 0 Å². The lowest BCUT2D eigenvalue weighted by Crippen LogP contribution is -2.18. The number of benzene rings is 1. The lowest BCUT2D eigenvalue weighted by atomic mass is 9.92. The molecule has 1 aliphatic carbocycles. The maximum atomic E-state index is 13.1. The highest BCUT2D eigenvalue weighted by Crippen LogP contribution is 2.39. The second kappa shape index (κ2) is 8.88. The van der Waals surface area contributed by atoms with Crippen LogP contribution >= 0.6 is 0 Å². The van der Waals surface area contributed by atoms with Crippen molar-refractivity contribution < 1.29 is 18.3 Å². The summed E-state index contributed by atoms with van der Waals surface area (Å²) in [6, 6.07) is 4.60. The second-order valence-electron chi connectivity index (χ2n) is 7.66. The predicted octanol–water partition coefficient (Wildman–Crippen LogP) is 4.21. The molecule has 30 heavy (non-hydrogen) atoms. The SMILES string of the molecule is CNCC1CCCC(c2nc(-c3cc(C(F)(F)F)ccc3O)nc(N)c2C#N)CC1. The van der Waals surface area contributed by atoms with Gasteiger partial charge in [0.15, 0.2) is 5.82 Å². The molecule has 0 radical (unpaired) electrons. The van der Waals surface area contributed by atoms with E-state index in [4.69, 9.17) is 5.73 Å². The van der Waals surface area contributed by atoms with E-state index in [1.54, 1.807) is 0 Å². The molecule has 1 aromatic heterocycles. The first-order valence-electron chi connectivity index (χ1n) is 9.87. The van der Waals surface area contributed by atoms with Crippen molar-refractivity contribution in [1.82, 2.24) is 15.3 Å². The van der Waals surface area contributed by atoms with E-state index in [9.17, 15) is 23.5 Å². The number of aromatic hydroxyl groups is 1. The maximum Gasteiger partial charge on any atom is 0.416 e. The largest absolute Gasteiger partial charge is 0.507 e. The molecule has 0 saturated heterocycles. The molecule has 0 spiro atoms. The number of rotatable bonds is 4. The summed E-state index contributed by atoms with van der Waals surface area (Å²) in [6.45, 7) is 0.910. The minimum atomic E-state index is -4.58. The highest BCUT2D eigenvalue weighted by atomic mass is 19.4. The third-order valence-electron chi connectivity index (χ3n) is 5.61. The molecule has 3 rings (SSSR count). The summed E-state index contributed by atoms with van der Waals surface area (Å²) >= 11 is 0. The Bertz CT molecular complexity index is 955. The van der Waals surface area contributed by atoms with Crippen molar-refractivity contribution >= 4 is 5.82 Å². The smallest absolute Gasteiger partial charge is 0.416 e. The van der Waals surface area contributed by atoms with E-state index < -0.39 is 11.7 Å². The first-order valence-corrected chi connectivity index (χ1v) is 9.87. The zero-order chi connectivity index (χ0) is 21.9. The Morgan fingerprint density at radius 1 is 1.23 bits per heavy atom. The van der Waals surface area contributed by atoms with Gasteiger partial charge in [-0.1, -0.05) is 6.42 Å². The Hall–Kier alpha value is -2.86. The van der Waals surface area contributed by atoms with Gasteiger partial charge in [-0.3, -0.25) is 0 Å². The predicted molar refractivity (Wildman–Crippen MR) is 107 cm³/mol. The van der Waals surface area contributed by atoms with Gasteiger partial charge in [-0.25, -0.2) is 9.97 Å². The van der Waals surface area contributed by atoms with E-state index in [1.165, 1.54) is 0 Å². The third-order valence-corrected chi connectivity index (χ3v) is 5.61. The summed E-state index contributed by atoms with van der Waals surface area (Å²) in [5.41, 5.74) is 5.49. The zero-order valence-corrected chi connectivity index (χ0v) is 16.6. The van der Waals surface area contributed by atoms with Crippen LogP contribution in [0.25, 0.3) is 11.4 Å². The topological polar surface area (TPSA) is 108 Å². The average molecular weight is 419 g/mol. The summed E-state index contributed by atoms with van der Waals surface area (Å²) < 4.78 is 39.4. The molecular weight excluding hydrogens is 395 g/mol. The number of anilines is 1. The Labute approximate surface area is 173 Å². The number of halogens is 3. The van der Waals surface area contributed by atoms with Crippen molar-refractivity contribution in [3.63, 3.8) is 0 Å². The van der Waals surface area contributed by atoms with E-state index >= 15 is 0 Å². The molecule has 160 valence electrons. The van der Waals surface area contributed by atoms with Crippen LogP contribution in [0, 0.1) is 17.2 Å². The van der Waals surface area contributed by atoms with Crippen LogP contribution in [0.15, 0.2) is 18.2 Å². The lowest BCUT2D eigenvalue weighted by Gasteiger charge is -2.18. The average Bonchev–Trinajstić information content (AvgIpc) is 2.92. The number of aromatic nitrogens is 2. The van der Waals surface area contributed by atoms with Gasteiger partial charge < -0.3 is 16.2 Å². The van der Waals surface area contributed by atoms with Crippen molar-refractivity contribution in [2.75, 3.05) is 19.3 Å². The van der Waals surface area contributed by atoms with Crippen LogP contribution in [0.4, 0.5) is 19.0 Å². The van der Waals surface area contributed by atoms with E-state index in [0.29, 0.717) is 11.6 Å². The molecule has 1 heterocycles. The van der Waals surface area contributed by atoms with Crippen molar-refractivity contribution in [3.05, 3.63) is 35.0 Å². The highest BCUT2D eigenvalue weighted by molar-refractivity contribution is 5.68. The molecule has 0 bridgehead atoms. The van der Waals surface area contributed by atoms with Crippen LogP contribution in [-0.2, 0) is 6.18 Å². The Morgan fingerprint density at radius 3 is 2.67 bits per heavy atom. The van der Waals surface area contributed by atoms with Gasteiger partial charge in [-0.15, -0.1) is 0 Å². The van der Waals surface area contributed by atoms with Gasteiger partial charge in [0.05, 0.1) is 16.8 Å². The Kier molecular flexibility index (Phi) is 6.46. The Balaban J connectivity index is 2.04. The summed E-state index contributed by atoms with van der Waals surface area (Å²) in [7, 11) is 1.91. The summed E-state index contributed by atoms with van der Waals surface area (Å²) in [5, 5.41) is 22.9. The van der Waals surface area contributed by atoms with Crippen LogP contribution in [0.2, 0.25) is 0 Å². The number of hydrogen-bond donors (Lipinski definition) is 3. The van der Waals surface area contributed by atoms with Gasteiger partial charge in [-0.05, 0) is 63.4 Å². The number of phenolic OH excluding ortho intramolecular Hbond substituents is 1. The van der Waals surface area contributed by atoms with Crippen molar-refractivity contribution in [3.8, 4) is 23.2 Å². The number of alkyl halides is 3. The molecule has 1 saturated carbocycles. The Morgan fingerprint density at radius 2 is 2.00 bits per heavy atom. The molecule has 4 N–H and O–H groups in total. The van der Waals surface area contributed by atoms with Gasteiger partial charge >= 0.3 is 6.18 Å². The van der Waals surface area contributed by atoms with Crippen LogP contribution in [0.1, 0.15) is 54.8 Å². The molecule has 1 aliphatic rings. The molecule has 1 aromatic carbocycles. The number of phenols is 1. The third kappa shape index (κ3) is 4.65. The fourth-order valence-electron chi connectivity index (χ4n) is 4.06. The standard InChI is InChI=1S/C21H24F3N5O/c1-27-11-12-3-2-4-13(6-5-12)18-16(10-25)19(26)29-20(28-18)15-9-14(21(22,23)24)7-8-17(15)30/h7-9,12-13,27,30H,2-6,11H2,1H3,(H2,26,28,29). The van der Waals surface area contributed by atoms with E-state index in [2.05, 4.69) is 15.3 Å². The van der Waals surface area contributed by atoms with Gasteiger partial charge in [-0.2, -0.15) is 18.4 Å². The van der Waals surface area contributed by atoms with Gasteiger partial charge in [0.1, 0.15) is 23.2 Å². The number of hydrogen-bond acceptors (Lipinski definition) is 6. The first kappa shape index (κ1) is 21.8. The summed E-state index contributed by atoms with van der Waals surface area (Å²) in [6.07, 6.45) is -0.0146. The van der Waals surface area contributed by atoms with Crippen molar-refractivity contribution in [2.24, 2.45) is 5.92 Å². The molecule has 2 atom stereocenters. The van der Waals surface area contributed by atoms with Crippen LogP contribution in [0.5, 0.6) is 5.75 Å². The molecule has 0 amide bonds. The molecule has 1 fully saturated rings. The number of nitriles is 1. The summed E-state index contributed by atoms with van der Waals surface area (Å²) in [5.74, 6) is -0.102. The molecule has 9 heteroatoms. The molecule has 2 unspecified atom stereocenters. The highest BCUT2D eigenvalue weighted by Gasteiger charge is 2.32. The van der Waals surface area contributed by atoms with Gasteiger partial charge in [0.25, 0.3) is 0 Å². The fourth-order valence-corrected chi connectivity index (χ4v) is 4.06. The number of nitrogens with two attached hydrogens (primary N) is 1. The fraction of sp³-hybridized carbons (Fsp3) is 0.476. The quantitative estimate of drug-likeness (QED) is 0.641. The van der Waals surface area contributed by atoms with Gasteiger partial charge in [0, 0.05) is 5.92 Å². The molecule has 0 aliphatic heterocycles. The first-order chi connectivity index (χ1) is 14.2. The second-order valence-corrected chi connectivity index (χ2v) is 7.66. The lowest BCUT2D eigenvalue weighted by molar-refractivity contribution is -0.137. The molecule has 6 nitrogen and oxygen atoms in total. The number of nitrogen functional groups attached to an aromatic ring is 1. The summed E-state index contributed by atoms with van der Waals surface area (Å²) in [4.78, 5) is 8.47. The zero-order valence-electron chi connectivity index (χ0n) is 16.6.